The minimum absolute atomic E-state index is 0.00340. The molecule has 1 amide bonds. The molecule has 0 radical (unpaired) electrons. The van der Waals surface area contributed by atoms with Gasteiger partial charge in [0.05, 0.1) is 0 Å². The maximum atomic E-state index is 12.3. The van der Waals surface area contributed by atoms with Crippen LogP contribution in [0.5, 0.6) is 5.75 Å². The van der Waals surface area contributed by atoms with E-state index in [-0.39, 0.29) is 23.0 Å². The molecule has 2 N–H and O–H groups in total. The zero-order chi connectivity index (χ0) is 14.8. The van der Waals surface area contributed by atoms with E-state index in [0.29, 0.717) is 0 Å². The second-order valence-corrected chi connectivity index (χ2v) is 5.37. The van der Waals surface area contributed by atoms with Crippen molar-refractivity contribution in [3.05, 3.63) is 40.4 Å². The fourth-order valence-corrected chi connectivity index (χ4v) is 2.76. The molecule has 0 unspecified atom stereocenters. The SMILES string of the molecule is O=C(NC1CCCCC1)c1cnc2c(O)cccn2c1=O. The highest BCUT2D eigenvalue weighted by atomic mass is 16.3. The van der Waals surface area contributed by atoms with E-state index >= 15 is 0 Å². The third-order valence-electron chi connectivity index (χ3n) is 3.90. The van der Waals surface area contributed by atoms with Gasteiger partial charge in [0.2, 0.25) is 0 Å². The summed E-state index contributed by atoms with van der Waals surface area (Å²) in [6, 6.07) is 3.12. The zero-order valence-electron chi connectivity index (χ0n) is 11.6. The summed E-state index contributed by atoms with van der Waals surface area (Å²) in [6.07, 6.45) is 8.04. The van der Waals surface area contributed by atoms with Crippen molar-refractivity contribution in [3.63, 3.8) is 0 Å². The van der Waals surface area contributed by atoms with Gasteiger partial charge >= 0.3 is 0 Å². The zero-order valence-corrected chi connectivity index (χ0v) is 11.6. The average Bonchev–Trinajstić information content (AvgIpc) is 2.49. The summed E-state index contributed by atoms with van der Waals surface area (Å²) in [5.74, 6) is -0.481. The summed E-state index contributed by atoms with van der Waals surface area (Å²) in [4.78, 5) is 28.6. The molecular formula is C15H17N3O3. The smallest absolute Gasteiger partial charge is 0.270 e. The van der Waals surface area contributed by atoms with Crippen LogP contribution < -0.4 is 10.9 Å². The molecule has 110 valence electrons. The number of nitrogens with zero attached hydrogens (tertiary/aromatic N) is 2. The van der Waals surface area contributed by atoms with Gasteiger partial charge in [-0.3, -0.25) is 14.0 Å². The van der Waals surface area contributed by atoms with Crippen LogP contribution in [0, 0.1) is 0 Å². The van der Waals surface area contributed by atoms with Crippen LogP contribution in [0.25, 0.3) is 5.65 Å². The van der Waals surface area contributed by atoms with Crippen molar-refractivity contribution < 1.29 is 9.90 Å². The first-order valence-electron chi connectivity index (χ1n) is 7.17. The lowest BCUT2D eigenvalue weighted by Gasteiger charge is -2.22. The van der Waals surface area contributed by atoms with Gasteiger partial charge in [-0.15, -0.1) is 0 Å². The molecule has 2 aromatic rings. The van der Waals surface area contributed by atoms with E-state index < -0.39 is 11.5 Å². The van der Waals surface area contributed by atoms with Crippen molar-refractivity contribution in [1.29, 1.82) is 0 Å². The molecule has 3 rings (SSSR count). The first-order valence-corrected chi connectivity index (χ1v) is 7.17. The van der Waals surface area contributed by atoms with Crippen LogP contribution in [-0.2, 0) is 0 Å². The largest absolute Gasteiger partial charge is 0.504 e. The quantitative estimate of drug-likeness (QED) is 0.876. The van der Waals surface area contributed by atoms with E-state index in [1.165, 1.54) is 35.3 Å². The first kappa shape index (κ1) is 13.6. The number of hydrogen-bond acceptors (Lipinski definition) is 4. The molecule has 0 saturated heterocycles. The van der Waals surface area contributed by atoms with E-state index in [1.807, 2.05) is 0 Å². The molecule has 6 nitrogen and oxygen atoms in total. The van der Waals surface area contributed by atoms with Gasteiger partial charge in [-0.1, -0.05) is 19.3 Å². The van der Waals surface area contributed by atoms with Gasteiger partial charge in [-0.05, 0) is 25.0 Å². The number of carbonyl (C=O) groups excluding carboxylic acids is 1. The Morgan fingerprint density at radius 1 is 1.33 bits per heavy atom. The van der Waals surface area contributed by atoms with Crippen LogP contribution in [0.2, 0.25) is 0 Å². The summed E-state index contributed by atoms with van der Waals surface area (Å²) in [5.41, 5.74) is -0.315. The number of hydrogen-bond donors (Lipinski definition) is 2. The number of amides is 1. The second-order valence-electron chi connectivity index (χ2n) is 5.37. The first-order chi connectivity index (χ1) is 10.2. The fourth-order valence-electron chi connectivity index (χ4n) is 2.76. The molecule has 1 saturated carbocycles. The Morgan fingerprint density at radius 3 is 2.86 bits per heavy atom. The minimum Gasteiger partial charge on any atom is -0.504 e. The number of fused-ring (bicyclic) bond motifs is 1. The highest BCUT2D eigenvalue weighted by molar-refractivity contribution is 5.94. The van der Waals surface area contributed by atoms with Gasteiger partial charge in [0, 0.05) is 18.4 Å². The third kappa shape index (κ3) is 2.61. The molecule has 2 heterocycles. The molecule has 21 heavy (non-hydrogen) atoms. The van der Waals surface area contributed by atoms with Crippen LogP contribution in [0.15, 0.2) is 29.3 Å². The van der Waals surface area contributed by atoms with Crippen LogP contribution in [-0.4, -0.2) is 26.4 Å². The van der Waals surface area contributed by atoms with Gasteiger partial charge in [0.15, 0.2) is 11.4 Å². The highest BCUT2D eigenvalue weighted by Crippen LogP contribution is 2.18. The van der Waals surface area contributed by atoms with Crippen molar-refractivity contribution in [3.8, 4) is 5.75 Å². The predicted octanol–water partition coefficient (Wildman–Crippen LogP) is 1.46. The summed E-state index contributed by atoms with van der Waals surface area (Å²) in [7, 11) is 0. The maximum absolute atomic E-state index is 12.3. The number of carbonyl (C=O) groups is 1. The number of aromatic nitrogens is 2. The Bertz CT molecular complexity index is 733. The molecular weight excluding hydrogens is 270 g/mol. The Kier molecular flexibility index (Phi) is 3.60. The monoisotopic (exact) mass is 287 g/mol. The van der Waals surface area contributed by atoms with E-state index in [4.69, 9.17) is 0 Å². The molecule has 2 aromatic heterocycles. The average molecular weight is 287 g/mol. The lowest BCUT2D eigenvalue weighted by atomic mass is 9.95. The minimum atomic E-state index is -0.468. The van der Waals surface area contributed by atoms with Gasteiger partial charge in [-0.2, -0.15) is 0 Å². The normalized spacial score (nSPS) is 16.0. The Balaban J connectivity index is 1.91. The predicted molar refractivity (Wildman–Crippen MR) is 77.5 cm³/mol. The Morgan fingerprint density at radius 2 is 2.10 bits per heavy atom. The van der Waals surface area contributed by atoms with Gasteiger partial charge < -0.3 is 10.4 Å². The molecule has 0 bridgehead atoms. The lowest BCUT2D eigenvalue weighted by molar-refractivity contribution is 0.0925. The van der Waals surface area contributed by atoms with E-state index in [2.05, 4.69) is 10.3 Å². The highest BCUT2D eigenvalue weighted by Gasteiger charge is 2.19. The van der Waals surface area contributed by atoms with Crippen molar-refractivity contribution in [1.82, 2.24) is 14.7 Å². The van der Waals surface area contributed by atoms with E-state index in [9.17, 15) is 14.7 Å². The van der Waals surface area contributed by atoms with Gasteiger partial charge in [-0.25, -0.2) is 4.98 Å². The number of nitrogens with one attached hydrogen (secondary N) is 1. The van der Waals surface area contributed by atoms with Crippen LogP contribution in [0.3, 0.4) is 0 Å². The topological polar surface area (TPSA) is 83.7 Å². The summed E-state index contributed by atoms with van der Waals surface area (Å²) in [5, 5.41) is 12.6. The standard InChI is InChI=1S/C15H17N3O3/c19-12-7-4-8-18-13(12)16-9-11(15(18)21)14(20)17-10-5-2-1-3-6-10/h4,7-10,19H,1-3,5-6H2,(H,17,20). The molecule has 1 aliphatic rings. The van der Waals surface area contributed by atoms with Crippen molar-refractivity contribution in [2.24, 2.45) is 0 Å². The molecule has 1 fully saturated rings. The van der Waals surface area contributed by atoms with E-state index in [0.717, 1.165) is 25.7 Å². The Hall–Kier alpha value is -2.37. The molecule has 1 aliphatic carbocycles. The summed E-state index contributed by atoms with van der Waals surface area (Å²) < 4.78 is 1.19. The molecule has 0 spiro atoms. The number of rotatable bonds is 2. The maximum Gasteiger partial charge on any atom is 0.270 e. The van der Waals surface area contributed by atoms with Gasteiger partial charge in [0.25, 0.3) is 11.5 Å². The van der Waals surface area contributed by atoms with Crippen molar-refractivity contribution in [2.45, 2.75) is 38.1 Å². The van der Waals surface area contributed by atoms with Crippen LogP contribution in [0.1, 0.15) is 42.5 Å². The van der Waals surface area contributed by atoms with Crippen LogP contribution in [0.4, 0.5) is 0 Å². The van der Waals surface area contributed by atoms with Crippen molar-refractivity contribution >= 4 is 11.6 Å². The second kappa shape index (κ2) is 5.55. The van der Waals surface area contributed by atoms with Gasteiger partial charge in [0.1, 0.15) is 5.56 Å². The molecule has 0 atom stereocenters. The van der Waals surface area contributed by atoms with Crippen molar-refractivity contribution in [2.75, 3.05) is 0 Å². The summed E-state index contributed by atoms with van der Waals surface area (Å²) >= 11 is 0. The third-order valence-corrected chi connectivity index (χ3v) is 3.90. The molecule has 0 aromatic carbocycles. The fraction of sp³-hybridized carbons (Fsp3) is 0.400. The molecule has 6 heteroatoms. The number of aromatic hydroxyl groups is 1. The summed E-state index contributed by atoms with van der Waals surface area (Å²) in [6.45, 7) is 0. The Labute approximate surface area is 121 Å². The van der Waals surface area contributed by atoms with E-state index in [1.54, 1.807) is 0 Å². The number of pyridine rings is 1. The van der Waals surface area contributed by atoms with Crippen LogP contribution >= 0.6 is 0 Å². The lowest BCUT2D eigenvalue weighted by Crippen LogP contribution is -2.39. The molecule has 0 aliphatic heterocycles.